The minimum atomic E-state index is -4.56. The van der Waals surface area contributed by atoms with Crippen molar-refractivity contribution in [3.8, 4) is 5.69 Å². The Balaban J connectivity index is 1.39. The van der Waals surface area contributed by atoms with E-state index in [9.17, 15) is 18.0 Å². The molecule has 1 amide bonds. The fourth-order valence-corrected chi connectivity index (χ4v) is 4.98. The minimum absolute atomic E-state index is 0.0654. The predicted octanol–water partition coefficient (Wildman–Crippen LogP) is 4.87. The van der Waals surface area contributed by atoms with Crippen molar-refractivity contribution in [3.05, 3.63) is 82.1 Å². The maximum Gasteiger partial charge on any atom is 0.416 e. The summed E-state index contributed by atoms with van der Waals surface area (Å²) in [5, 5.41) is 2.64. The number of hydrogen-bond donors (Lipinski definition) is 1. The van der Waals surface area contributed by atoms with E-state index in [0.29, 0.717) is 17.1 Å². The fourth-order valence-electron chi connectivity index (χ4n) is 3.86. The number of aryl methyl sites for hydroxylation is 1. The largest absolute Gasteiger partial charge is 0.416 e. The number of nitrogens with zero attached hydrogens (tertiary/aromatic N) is 5. The van der Waals surface area contributed by atoms with Crippen molar-refractivity contribution in [3.63, 3.8) is 0 Å². The quantitative estimate of drug-likeness (QED) is 0.448. The number of imidazole rings is 1. The first-order chi connectivity index (χ1) is 16.3. The summed E-state index contributed by atoms with van der Waals surface area (Å²) in [6.07, 6.45) is 4.21. The third kappa shape index (κ3) is 4.51. The van der Waals surface area contributed by atoms with Gasteiger partial charge in [0.05, 0.1) is 47.1 Å². The predicted molar refractivity (Wildman–Crippen MR) is 122 cm³/mol. The number of fused-ring (bicyclic) bond motifs is 1. The van der Waals surface area contributed by atoms with E-state index in [4.69, 9.17) is 0 Å². The Kier molecular flexibility index (Phi) is 5.56. The van der Waals surface area contributed by atoms with E-state index in [1.165, 1.54) is 34.6 Å². The second-order valence-corrected chi connectivity index (χ2v) is 9.11. The van der Waals surface area contributed by atoms with Crippen LogP contribution in [0.1, 0.15) is 31.4 Å². The zero-order valence-electron chi connectivity index (χ0n) is 18.0. The molecule has 34 heavy (non-hydrogen) atoms. The summed E-state index contributed by atoms with van der Waals surface area (Å²) in [4.78, 5) is 28.8. The number of amides is 1. The van der Waals surface area contributed by atoms with Crippen molar-refractivity contribution in [1.29, 1.82) is 0 Å². The number of carbonyl (C=O) groups excluding carboxylic acids is 1. The monoisotopic (exact) mass is 484 g/mol. The number of carbonyl (C=O) groups is 1. The van der Waals surface area contributed by atoms with Gasteiger partial charge < -0.3 is 14.8 Å². The zero-order valence-corrected chi connectivity index (χ0v) is 18.8. The molecule has 0 aliphatic carbocycles. The van der Waals surface area contributed by atoms with Gasteiger partial charge >= 0.3 is 6.18 Å². The molecule has 0 radical (unpaired) electrons. The van der Waals surface area contributed by atoms with Crippen molar-refractivity contribution >= 4 is 28.6 Å². The molecule has 0 atom stereocenters. The van der Waals surface area contributed by atoms with Gasteiger partial charge in [-0.25, -0.2) is 15.0 Å². The van der Waals surface area contributed by atoms with Crippen molar-refractivity contribution in [2.24, 2.45) is 0 Å². The molecule has 4 aromatic rings. The lowest BCUT2D eigenvalue weighted by molar-refractivity contribution is -0.137. The van der Waals surface area contributed by atoms with Gasteiger partial charge in [-0.1, -0.05) is 0 Å². The highest BCUT2D eigenvalue weighted by molar-refractivity contribution is 7.14. The molecule has 0 saturated carbocycles. The molecule has 174 valence electrons. The number of halogens is 3. The number of nitrogens with one attached hydrogen (secondary N) is 1. The van der Waals surface area contributed by atoms with Gasteiger partial charge in [0.1, 0.15) is 6.33 Å². The molecule has 0 spiro atoms. The number of aromatic nitrogens is 4. The van der Waals surface area contributed by atoms with Crippen molar-refractivity contribution in [2.45, 2.75) is 26.1 Å². The lowest BCUT2D eigenvalue weighted by Crippen LogP contribution is -2.29. The van der Waals surface area contributed by atoms with Crippen molar-refractivity contribution in [2.75, 3.05) is 16.8 Å². The highest BCUT2D eigenvalue weighted by atomic mass is 32.1. The number of benzene rings is 1. The van der Waals surface area contributed by atoms with Gasteiger partial charge in [0.25, 0.3) is 5.91 Å². The smallest absolute Gasteiger partial charge is 0.364 e. The Bertz CT molecular complexity index is 1350. The van der Waals surface area contributed by atoms with E-state index in [1.807, 2.05) is 6.07 Å². The van der Waals surface area contributed by atoms with Crippen LogP contribution in [0.2, 0.25) is 0 Å². The van der Waals surface area contributed by atoms with Gasteiger partial charge in [0.2, 0.25) is 0 Å². The maximum atomic E-state index is 13.5. The molecular formula is C23H19F3N6OS. The average molecular weight is 485 g/mol. The molecule has 0 fully saturated rings. The first-order valence-electron chi connectivity index (χ1n) is 10.4. The molecule has 0 saturated heterocycles. The Morgan fingerprint density at radius 2 is 1.91 bits per heavy atom. The Morgan fingerprint density at radius 1 is 1.12 bits per heavy atom. The van der Waals surface area contributed by atoms with E-state index < -0.39 is 17.6 Å². The molecule has 11 heteroatoms. The normalized spacial score (nSPS) is 13.6. The van der Waals surface area contributed by atoms with Crippen LogP contribution in [0.4, 0.5) is 24.5 Å². The fraction of sp³-hybridized carbons (Fsp3) is 0.217. The van der Waals surface area contributed by atoms with Crippen LogP contribution >= 0.6 is 11.3 Å². The standard InChI is InChI=1S/C23H19F3N6OS/c1-14-10-32(13-29-14)18-6-16(23(24,25)26)5-17(7-18)30-22(33)20-4-15-2-3-31(11-21(15)34-20)19-8-27-12-28-9-19/h4-10,12-13H,2-3,11H2,1H3,(H,30,33). The van der Waals surface area contributed by atoms with E-state index in [0.717, 1.165) is 41.2 Å². The summed E-state index contributed by atoms with van der Waals surface area (Å²) in [6.45, 7) is 3.13. The van der Waals surface area contributed by atoms with Crippen LogP contribution in [0.3, 0.4) is 0 Å². The summed E-state index contributed by atoms with van der Waals surface area (Å²) in [5.74, 6) is -0.443. The maximum absolute atomic E-state index is 13.5. The van der Waals surface area contributed by atoms with Crippen LogP contribution in [-0.4, -0.2) is 32.0 Å². The molecule has 0 bridgehead atoms. The molecular weight excluding hydrogens is 465 g/mol. The highest BCUT2D eigenvalue weighted by Crippen LogP contribution is 2.34. The summed E-state index contributed by atoms with van der Waals surface area (Å²) in [6, 6.07) is 5.29. The number of hydrogen-bond acceptors (Lipinski definition) is 6. The lowest BCUT2D eigenvalue weighted by atomic mass is 10.1. The Labute approximate surface area is 196 Å². The van der Waals surface area contributed by atoms with Crippen LogP contribution in [0, 0.1) is 6.92 Å². The summed E-state index contributed by atoms with van der Waals surface area (Å²) >= 11 is 1.34. The second kappa shape index (κ2) is 8.56. The Morgan fingerprint density at radius 3 is 2.62 bits per heavy atom. The van der Waals surface area contributed by atoms with Gasteiger partial charge in [-0.15, -0.1) is 11.3 Å². The van der Waals surface area contributed by atoms with Crippen LogP contribution in [0.15, 0.2) is 55.5 Å². The summed E-state index contributed by atoms with van der Waals surface area (Å²) in [7, 11) is 0. The van der Waals surface area contributed by atoms with Gasteiger partial charge in [0.15, 0.2) is 0 Å². The van der Waals surface area contributed by atoms with Gasteiger partial charge in [-0.2, -0.15) is 13.2 Å². The molecule has 7 nitrogen and oxygen atoms in total. The second-order valence-electron chi connectivity index (χ2n) is 7.97. The van der Waals surface area contributed by atoms with Crippen molar-refractivity contribution < 1.29 is 18.0 Å². The molecule has 1 aromatic carbocycles. The third-order valence-corrected chi connectivity index (χ3v) is 6.69. The van der Waals surface area contributed by atoms with Gasteiger partial charge in [-0.05, 0) is 43.2 Å². The SMILES string of the molecule is Cc1cn(-c2cc(NC(=O)c3cc4c(s3)CN(c3cncnc3)CC4)cc(C(F)(F)F)c2)cn1. The molecule has 0 unspecified atom stereocenters. The van der Waals surface area contributed by atoms with Gasteiger partial charge in [0, 0.05) is 29.0 Å². The number of alkyl halides is 3. The van der Waals surface area contributed by atoms with E-state index in [2.05, 4.69) is 25.2 Å². The first-order valence-corrected chi connectivity index (χ1v) is 11.2. The number of thiophene rings is 1. The van der Waals surface area contributed by atoms with E-state index >= 15 is 0 Å². The van der Waals surface area contributed by atoms with E-state index in [1.54, 1.807) is 25.5 Å². The van der Waals surface area contributed by atoms with Crippen LogP contribution in [0.25, 0.3) is 5.69 Å². The Hall–Kier alpha value is -3.73. The topological polar surface area (TPSA) is 75.9 Å². The van der Waals surface area contributed by atoms with Crippen LogP contribution in [0.5, 0.6) is 0 Å². The zero-order chi connectivity index (χ0) is 23.9. The number of anilines is 2. The van der Waals surface area contributed by atoms with Gasteiger partial charge in [-0.3, -0.25) is 4.79 Å². The van der Waals surface area contributed by atoms with Crippen molar-refractivity contribution in [1.82, 2.24) is 19.5 Å². The molecule has 5 rings (SSSR count). The molecule has 1 aliphatic rings. The van der Waals surface area contributed by atoms with Crippen LogP contribution in [-0.2, 0) is 19.1 Å². The molecule has 3 aromatic heterocycles. The number of rotatable bonds is 4. The first kappa shape index (κ1) is 22.1. The molecule has 4 heterocycles. The third-order valence-electron chi connectivity index (χ3n) is 5.53. The lowest BCUT2D eigenvalue weighted by Gasteiger charge is -2.28. The average Bonchev–Trinajstić information content (AvgIpc) is 3.44. The highest BCUT2D eigenvalue weighted by Gasteiger charge is 2.32. The summed E-state index contributed by atoms with van der Waals surface area (Å²) < 4.78 is 42.0. The summed E-state index contributed by atoms with van der Waals surface area (Å²) in [5.41, 5.74) is 2.12. The van der Waals surface area contributed by atoms with E-state index in [-0.39, 0.29) is 11.4 Å². The van der Waals surface area contributed by atoms with Crippen LogP contribution < -0.4 is 10.2 Å². The minimum Gasteiger partial charge on any atom is -0.364 e. The molecule has 1 N–H and O–H groups in total. The molecule has 1 aliphatic heterocycles.